The van der Waals surface area contributed by atoms with Crippen LogP contribution in [0.2, 0.25) is 10.0 Å². The molecule has 5 heteroatoms. The highest BCUT2D eigenvalue weighted by molar-refractivity contribution is 9.10. The van der Waals surface area contributed by atoms with Gasteiger partial charge < -0.3 is 10.5 Å². The summed E-state index contributed by atoms with van der Waals surface area (Å²) in [4.78, 5) is 0. The molecule has 0 heterocycles. The topological polar surface area (TPSA) is 35.2 Å². The van der Waals surface area contributed by atoms with Gasteiger partial charge in [0.2, 0.25) is 0 Å². The average Bonchev–Trinajstić information content (AvgIpc) is 2.41. The first-order valence-electron chi connectivity index (χ1n) is 5.57. The molecule has 0 aliphatic heterocycles. The lowest BCUT2D eigenvalue weighted by atomic mass is 9.99. The van der Waals surface area contributed by atoms with Gasteiger partial charge in [-0.15, -0.1) is 0 Å². The van der Waals surface area contributed by atoms with Crippen molar-refractivity contribution in [2.24, 2.45) is 5.73 Å². The summed E-state index contributed by atoms with van der Waals surface area (Å²) in [5, 5.41) is 1.24. The van der Waals surface area contributed by atoms with E-state index in [2.05, 4.69) is 15.9 Å². The number of methoxy groups -OCH3 is 1. The van der Waals surface area contributed by atoms with Gasteiger partial charge in [-0.1, -0.05) is 29.3 Å². The summed E-state index contributed by atoms with van der Waals surface area (Å²) in [5.74, 6) is 0.705. The molecule has 1 atom stereocenters. The second-order valence-corrected chi connectivity index (χ2v) is 5.74. The lowest BCUT2D eigenvalue weighted by Crippen LogP contribution is -2.13. The summed E-state index contributed by atoms with van der Waals surface area (Å²) >= 11 is 15.5. The van der Waals surface area contributed by atoms with Crippen molar-refractivity contribution >= 4 is 39.1 Å². The second-order valence-electron chi connectivity index (χ2n) is 4.04. The van der Waals surface area contributed by atoms with Crippen LogP contribution in [0.5, 0.6) is 5.75 Å². The molecule has 0 saturated heterocycles. The molecular formula is C14H12BrCl2NO. The van der Waals surface area contributed by atoms with E-state index in [9.17, 15) is 0 Å². The molecule has 0 aliphatic rings. The minimum absolute atomic E-state index is 0.348. The van der Waals surface area contributed by atoms with Gasteiger partial charge in [-0.3, -0.25) is 0 Å². The Kier molecular flexibility index (Phi) is 4.74. The average molecular weight is 361 g/mol. The predicted molar refractivity (Wildman–Crippen MR) is 83.2 cm³/mol. The molecule has 2 rings (SSSR count). The molecule has 0 saturated carbocycles. The van der Waals surface area contributed by atoms with Gasteiger partial charge in [-0.2, -0.15) is 0 Å². The Hall–Kier alpha value is -0.740. The third-order valence-corrected chi connectivity index (χ3v) is 4.30. The first-order valence-corrected chi connectivity index (χ1v) is 7.11. The van der Waals surface area contributed by atoms with Crippen molar-refractivity contribution in [3.63, 3.8) is 0 Å². The van der Waals surface area contributed by atoms with Crippen LogP contribution < -0.4 is 10.5 Å². The molecule has 0 aromatic heterocycles. The summed E-state index contributed by atoms with van der Waals surface area (Å²) in [6, 6.07) is 10.6. The maximum atomic E-state index is 6.27. The first-order chi connectivity index (χ1) is 9.02. The molecule has 0 radical (unpaired) electrons. The van der Waals surface area contributed by atoms with Gasteiger partial charge in [0.05, 0.1) is 18.2 Å². The van der Waals surface area contributed by atoms with E-state index in [1.54, 1.807) is 25.3 Å². The van der Waals surface area contributed by atoms with E-state index in [1.807, 2.05) is 18.2 Å². The fraction of sp³-hybridized carbons (Fsp3) is 0.143. The van der Waals surface area contributed by atoms with Crippen molar-refractivity contribution in [3.05, 3.63) is 62.0 Å². The highest BCUT2D eigenvalue weighted by Crippen LogP contribution is 2.33. The number of halogens is 3. The second kappa shape index (κ2) is 6.14. The Balaban J connectivity index is 2.45. The summed E-state index contributed by atoms with van der Waals surface area (Å²) in [7, 11) is 1.61. The van der Waals surface area contributed by atoms with Crippen LogP contribution in [0.1, 0.15) is 17.2 Å². The quantitative estimate of drug-likeness (QED) is 0.852. The van der Waals surface area contributed by atoms with Gasteiger partial charge in [0.15, 0.2) is 0 Å². The van der Waals surface area contributed by atoms with Crippen LogP contribution in [0.3, 0.4) is 0 Å². The van der Waals surface area contributed by atoms with Crippen molar-refractivity contribution in [2.45, 2.75) is 6.04 Å². The van der Waals surface area contributed by atoms with Gasteiger partial charge in [0.25, 0.3) is 0 Å². The molecule has 19 heavy (non-hydrogen) atoms. The van der Waals surface area contributed by atoms with Gasteiger partial charge in [0, 0.05) is 15.1 Å². The van der Waals surface area contributed by atoms with E-state index in [0.29, 0.717) is 15.8 Å². The van der Waals surface area contributed by atoms with Crippen LogP contribution >= 0.6 is 39.1 Å². The van der Waals surface area contributed by atoms with E-state index in [-0.39, 0.29) is 6.04 Å². The summed E-state index contributed by atoms with van der Waals surface area (Å²) in [5.41, 5.74) is 7.99. The monoisotopic (exact) mass is 359 g/mol. The van der Waals surface area contributed by atoms with Crippen LogP contribution in [0, 0.1) is 0 Å². The molecule has 2 nitrogen and oxygen atoms in total. The highest BCUT2D eigenvalue weighted by atomic mass is 79.9. The third-order valence-electron chi connectivity index (χ3n) is 2.83. The molecule has 0 bridgehead atoms. The molecule has 2 aromatic carbocycles. The standard InChI is InChI=1S/C14H12BrCl2NO/c1-19-13-5-3-9(16)7-10(13)14(18)8-2-4-11(15)12(17)6-8/h2-7,14H,18H2,1H3. The molecule has 0 amide bonds. The third kappa shape index (κ3) is 3.23. The van der Waals surface area contributed by atoms with E-state index in [4.69, 9.17) is 33.7 Å². The number of ether oxygens (including phenoxy) is 1. The predicted octanol–water partition coefficient (Wildman–Crippen LogP) is 4.81. The Morgan fingerprint density at radius 3 is 2.53 bits per heavy atom. The zero-order valence-electron chi connectivity index (χ0n) is 10.2. The molecule has 100 valence electrons. The van der Waals surface area contributed by atoms with Gasteiger partial charge in [-0.25, -0.2) is 0 Å². The Labute approximate surface area is 130 Å². The van der Waals surface area contributed by atoms with Crippen molar-refractivity contribution in [3.8, 4) is 5.75 Å². The minimum Gasteiger partial charge on any atom is -0.496 e. The van der Waals surface area contributed by atoms with Crippen molar-refractivity contribution < 1.29 is 4.74 Å². The molecular weight excluding hydrogens is 349 g/mol. The first kappa shape index (κ1) is 14.7. The number of rotatable bonds is 3. The minimum atomic E-state index is -0.348. The molecule has 2 N–H and O–H groups in total. The zero-order chi connectivity index (χ0) is 14.0. The zero-order valence-corrected chi connectivity index (χ0v) is 13.3. The largest absolute Gasteiger partial charge is 0.496 e. The van der Waals surface area contributed by atoms with Crippen LogP contribution in [-0.4, -0.2) is 7.11 Å². The molecule has 2 aromatic rings. The fourth-order valence-corrected chi connectivity index (χ4v) is 2.45. The molecule has 0 aliphatic carbocycles. The highest BCUT2D eigenvalue weighted by Gasteiger charge is 2.15. The van der Waals surface area contributed by atoms with Gasteiger partial charge >= 0.3 is 0 Å². The Morgan fingerprint density at radius 1 is 1.16 bits per heavy atom. The number of hydrogen-bond acceptors (Lipinski definition) is 2. The van der Waals surface area contributed by atoms with Crippen LogP contribution in [0.4, 0.5) is 0 Å². The maximum Gasteiger partial charge on any atom is 0.124 e. The molecule has 1 unspecified atom stereocenters. The molecule has 0 spiro atoms. The van der Waals surface area contributed by atoms with E-state index < -0.39 is 0 Å². The summed E-state index contributed by atoms with van der Waals surface area (Å²) in [6.07, 6.45) is 0. The smallest absolute Gasteiger partial charge is 0.124 e. The summed E-state index contributed by atoms with van der Waals surface area (Å²) < 4.78 is 6.15. The van der Waals surface area contributed by atoms with Gasteiger partial charge in [0.1, 0.15) is 5.75 Å². The van der Waals surface area contributed by atoms with Crippen molar-refractivity contribution in [1.82, 2.24) is 0 Å². The maximum absolute atomic E-state index is 6.27. The van der Waals surface area contributed by atoms with E-state index in [0.717, 1.165) is 15.6 Å². The lowest BCUT2D eigenvalue weighted by Gasteiger charge is -2.17. The SMILES string of the molecule is COc1ccc(Cl)cc1C(N)c1ccc(Br)c(Cl)c1. The number of benzene rings is 2. The van der Waals surface area contributed by atoms with Crippen LogP contribution in [0.25, 0.3) is 0 Å². The van der Waals surface area contributed by atoms with Crippen molar-refractivity contribution in [2.75, 3.05) is 7.11 Å². The molecule has 0 fully saturated rings. The normalized spacial score (nSPS) is 12.3. The Bertz CT molecular complexity index is 604. The van der Waals surface area contributed by atoms with Crippen LogP contribution in [0.15, 0.2) is 40.9 Å². The fourth-order valence-electron chi connectivity index (χ4n) is 1.83. The lowest BCUT2D eigenvalue weighted by molar-refractivity contribution is 0.408. The summed E-state index contributed by atoms with van der Waals surface area (Å²) in [6.45, 7) is 0. The number of nitrogens with two attached hydrogens (primary N) is 1. The van der Waals surface area contributed by atoms with Gasteiger partial charge in [-0.05, 0) is 51.8 Å². The van der Waals surface area contributed by atoms with Crippen LogP contribution in [-0.2, 0) is 0 Å². The number of hydrogen-bond donors (Lipinski definition) is 1. The van der Waals surface area contributed by atoms with Crippen molar-refractivity contribution in [1.29, 1.82) is 0 Å². The van der Waals surface area contributed by atoms with E-state index in [1.165, 1.54) is 0 Å². The van der Waals surface area contributed by atoms with E-state index >= 15 is 0 Å². The Morgan fingerprint density at radius 2 is 1.89 bits per heavy atom.